The molecule has 147 valence electrons. The van der Waals surface area contributed by atoms with Crippen LogP contribution in [0.4, 0.5) is 0 Å². The van der Waals surface area contributed by atoms with Crippen molar-refractivity contribution >= 4 is 0 Å². The lowest BCUT2D eigenvalue weighted by Crippen LogP contribution is -2.55. The Hall–Kier alpha value is -1.18. The second-order valence-electron chi connectivity index (χ2n) is 6.74. The maximum Gasteiger partial charge on any atom is 0.161 e. The van der Waals surface area contributed by atoms with Gasteiger partial charge < -0.3 is 29.9 Å². The molecule has 1 fully saturated rings. The SMILES string of the molecule is CCCCCCCCOc1ccccc1[C]1O[C@H](CO)[C@@H](O)[C@H](O)[C@@H]1O. The van der Waals surface area contributed by atoms with E-state index in [0.29, 0.717) is 17.9 Å². The average Bonchev–Trinajstić information content (AvgIpc) is 2.66. The second kappa shape index (κ2) is 10.8. The Morgan fingerprint density at radius 3 is 2.38 bits per heavy atom. The van der Waals surface area contributed by atoms with Crippen LogP contribution >= 0.6 is 0 Å². The number of benzene rings is 1. The molecule has 1 aromatic carbocycles. The number of para-hydroxylation sites is 1. The van der Waals surface area contributed by atoms with Gasteiger partial charge in [0.2, 0.25) is 0 Å². The van der Waals surface area contributed by atoms with Gasteiger partial charge >= 0.3 is 0 Å². The molecule has 0 amide bonds. The summed E-state index contributed by atoms with van der Waals surface area (Å²) in [4.78, 5) is 0. The number of hydrogen-bond donors (Lipinski definition) is 4. The molecule has 1 radical (unpaired) electrons. The summed E-state index contributed by atoms with van der Waals surface area (Å²) in [5, 5.41) is 39.5. The van der Waals surface area contributed by atoms with E-state index in [-0.39, 0.29) is 6.10 Å². The molecule has 0 unspecified atom stereocenters. The van der Waals surface area contributed by atoms with Crippen molar-refractivity contribution in [1.82, 2.24) is 0 Å². The normalized spacial score (nSPS) is 26.8. The predicted molar refractivity (Wildman–Crippen MR) is 97.6 cm³/mol. The van der Waals surface area contributed by atoms with Crippen molar-refractivity contribution in [3.05, 3.63) is 35.9 Å². The summed E-state index contributed by atoms with van der Waals surface area (Å²) in [6, 6.07) is 7.11. The average molecular weight is 367 g/mol. The first-order valence-corrected chi connectivity index (χ1v) is 9.50. The highest BCUT2D eigenvalue weighted by Gasteiger charge is 2.45. The number of ether oxygens (including phenoxy) is 2. The van der Waals surface area contributed by atoms with E-state index >= 15 is 0 Å². The van der Waals surface area contributed by atoms with Gasteiger partial charge in [0.05, 0.1) is 13.2 Å². The van der Waals surface area contributed by atoms with Crippen molar-refractivity contribution in [1.29, 1.82) is 0 Å². The minimum atomic E-state index is -1.43. The molecule has 2 rings (SSSR count). The number of aliphatic hydroxyl groups excluding tert-OH is 4. The van der Waals surface area contributed by atoms with Gasteiger partial charge in [-0.25, -0.2) is 0 Å². The van der Waals surface area contributed by atoms with Gasteiger partial charge in [0.1, 0.15) is 30.2 Å². The van der Waals surface area contributed by atoms with Crippen molar-refractivity contribution in [3.63, 3.8) is 0 Å². The minimum Gasteiger partial charge on any atom is -0.493 e. The fourth-order valence-electron chi connectivity index (χ4n) is 3.09. The van der Waals surface area contributed by atoms with Crippen LogP contribution in [0.15, 0.2) is 24.3 Å². The Morgan fingerprint density at radius 1 is 0.962 bits per heavy atom. The van der Waals surface area contributed by atoms with Crippen molar-refractivity contribution in [3.8, 4) is 5.75 Å². The van der Waals surface area contributed by atoms with Crippen LogP contribution in [0.1, 0.15) is 51.0 Å². The van der Waals surface area contributed by atoms with E-state index in [1.54, 1.807) is 18.2 Å². The van der Waals surface area contributed by atoms with E-state index in [1.165, 1.54) is 25.7 Å². The number of hydrogen-bond acceptors (Lipinski definition) is 6. The molecule has 0 aliphatic carbocycles. The second-order valence-corrected chi connectivity index (χ2v) is 6.74. The van der Waals surface area contributed by atoms with Crippen molar-refractivity contribution < 1.29 is 29.9 Å². The lowest BCUT2D eigenvalue weighted by molar-refractivity contribution is -0.184. The molecule has 0 spiro atoms. The van der Waals surface area contributed by atoms with E-state index in [2.05, 4.69) is 6.92 Å². The molecule has 1 aliphatic rings. The van der Waals surface area contributed by atoms with Gasteiger partial charge in [0.15, 0.2) is 6.10 Å². The smallest absolute Gasteiger partial charge is 0.161 e. The van der Waals surface area contributed by atoms with Crippen molar-refractivity contribution in [2.45, 2.75) is 69.9 Å². The Balaban J connectivity index is 1.97. The summed E-state index contributed by atoms with van der Waals surface area (Å²) in [6.07, 6.45) is 1.93. The number of aliphatic hydroxyl groups is 4. The third kappa shape index (κ3) is 5.41. The first kappa shape index (κ1) is 21.1. The molecule has 1 aliphatic heterocycles. The molecule has 6 heteroatoms. The quantitative estimate of drug-likeness (QED) is 0.471. The van der Waals surface area contributed by atoms with E-state index < -0.39 is 31.0 Å². The summed E-state index contributed by atoms with van der Waals surface area (Å²) in [7, 11) is 0. The van der Waals surface area contributed by atoms with Crippen LogP contribution in [0, 0.1) is 6.10 Å². The van der Waals surface area contributed by atoms with Gasteiger partial charge in [0, 0.05) is 5.56 Å². The van der Waals surface area contributed by atoms with Gasteiger partial charge in [-0.15, -0.1) is 0 Å². The molecule has 0 saturated carbocycles. The third-order valence-corrected chi connectivity index (χ3v) is 4.69. The maximum atomic E-state index is 10.3. The zero-order valence-corrected chi connectivity index (χ0v) is 15.4. The Bertz CT molecular complexity index is 521. The van der Waals surface area contributed by atoms with Crippen molar-refractivity contribution in [2.24, 2.45) is 0 Å². The number of rotatable bonds is 10. The van der Waals surface area contributed by atoms with E-state index in [0.717, 1.165) is 12.8 Å². The van der Waals surface area contributed by atoms with Crippen LogP contribution in [0.5, 0.6) is 5.75 Å². The first-order valence-electron chi connectivity index (χ1n) is 9.50. The third-order valence-electron chi connectivity index (χ3n) is 4.69. The largest absolute Gasteiger partial charge is 0.493 e. The van der Waals surface area contributed by atoms with Crippen LogP contribution in [0.3, 0.4) is 0 Å². The van der Waals surface area contributed by atoms with Crippen LogP contribution in [0.25, 0.3) is 0 Å². The molecule has 1 aromatic rings. The van der Waals surface area contributed by atoms with Gasteiger partial charge in [0.25, 0.3) is 0 Å². The summed E-state index contributed by atoms with van der Waals surface area (Å²) in [6.45, 7) is 2.28. The van der Waals surface area contributed by atoms with E-state index in [1.807, 2.05) is 6.07 Å². The highest BCUT2D eigenvalue weighted by atomic mass is 16.5. The summed E-state index contributed by atoms with van der Waals surface area (Å²) in [5.74, 6) is 0.551. The molecular formula is C20H31O6. The predicted octanol–water partition coefficient (Wildman–Crippen LogP) is 1.78. The molecule has 0 aromatic heterocycles. The van der Waals surface area contributed by atoms with Crippen LogP contribution in [-0.2, 0) is 4.74 Å². The van der Waals surface area contributed by atoms with E-state index in [9.17, 15) is 20.4 Å². The van der Waals surface area contributed by atoms with Crippen LogP contribution in [-0.4, -0.2) is 58.1 Å². The first-order chi connectivity index (χ1) is 12.6. The molecular weight excluding hydrogens is 336 g/mol. The van der Waals surface area contributed by atoms with Crippen LogP contribution in [0.2, 0.25) is 0 Å². The number of unbranched alkanes of at least 4 members (excludes halogenated alkanes) is 5. The van der Waals surface area contributed by atoms with E-state index in [4.69, 9.17) is 9.47 Å². The molecule has 1 heterocycles. The van der Waals surface area contributed by atoms with Gasteiger partial charge in [-0.2, -0.15) is 0 Å². The zero-order chi connectivity index (χ0) is 18.9. The standard InChI is InChI=1S/C20H31O6/c1-2-3-4-5-6-9-12-25-15-11-8-7-10-14(15)20-19(24)18(23)17(22)16(13-21)26-20/h7-8,10-11,16-19,21-24H,2-6,9,12-13H2,1H3/t16-,17-,18+,19+/m1/s1. The fraction of sp³-hybridized carbons (Fsp3) is 0.650. The highest BCUT2D eigenvalue weighted by molar-refractivity contribution is 5.43. The van der Waals surface area contributed by atoms with Gasteiger partial charge in [-0.1, -0.05) is 57.2 Å². The molecule has 6 nitrogen and oxygen atoms in total. The lowest BCUT2D eigenvalue weighted by Gasteiger charge is -2.39. The summed E-state index contributed by atoms with van der Waals surface area (Å²) < 4.78 is 11.4. The maximum absolute atomic E-state index is 10.3. The Kier molecular flexibility index (Phi) is 8.81. The Morgan fingerprint density at radius 2 is 1.65 bits per heavy atom. The summed E-state index contributed by atoms with van der Waals surface area (Å²) >= 11 is 0. The minimum absolute atomic E-state index is 0.111. The zero-order valence-electron chi connectivity index (χ0n) is 15.4. The molecule has 0 bridgehead atoms. The monoisotopic (exact) mass is 367 g/mol. The lowest BCUT2D eigenvalue weighted by atomic mass is 9.91. The molecule has 26 heavy (non-hydrogen) atoms. The van der Waals surface area contributed by atoms with Gasteiger partial charge in [-0.3, -0.25) is 0 Å². The highest BCUT2D eigenvalue weighted by Crippen LogP contribution is 2.36. The topological polar surface area (TPSA) is 99.4 Å². The molecule has 1 saturated heterocycles. The van der Waals surface area contributed by atoms with Crippen molar-refractivity contribution in [2.75, 3.05) is 13.2 Å². The fourth-order valence-corrected chi connectivity index (χ4v) is 3.09. The summed E-state index contributed by atoms with van der Waals surface area (Å²) in [5.41, 5.74) is 0.524. The van der Waals surface area contributed by atoms with Crippen LogP contribution < -0.4 is 4.74 Å². The van der Waals surface area contributed by atoms with Gasteiger partial charge in [-0.05, 0) is 12.5 Å². The molecule has 4 atom stereocenters. The molecule has 4 N–H and O–H groups in total. The Labute approximate surface area is 155 Å².